The minimum atomic E-state index is -0.497. The number of pyridine rings is 1. The standard InChI is InChI=1S/C16H19N7O2/c1-3-4-8-23-12-13(22(2)16(25)20-14(12)24)19-15(23)21-18-10-11-6-5-7-17-9-11/h5-7,9-10H,3-4,8H2,1-2H3,(H,19,21)(H,20,24,25). The Balaban J connectivity index is 2.03. The predicted octanol–water partition coefficient (Wildman–Crippen LogP) is 1.06. The van der Waals surface area contributed by atoms with Gasteiger partial charge >= 0.3 is 5.69 Å². The first-order valence-corrected chi connectivity index (χ1v) is 8.00. The molecule has 0 bridgehead atoms. The van der Waals surface area contributed by atoms with Crippen molar-refractivity contribution in [1.29, 1.82) is 0 Å². The summed E-state index contributed by atoms with van der Waals surface area (Å²) in [4.78, 5) is 34.7. The molecule has 3 aromatic rings. The lowest BCUT2D eigenvalue weighted by Gasteiger charge is -2.06. The number of H-pyrrole nitrogens is 1. The normalized spacial score (nSPS) is 11.4. The lowest BCUT2D eigenvalue weighted by Crippen LogP contribution is -2.29. The van der Waals surface area contributed by atoms with Crippen LogP contribution in [-0.2, 0) is 13.6 Å². The molecule has 0 saturated carbocycles. The van der Waals surface area contributed by atoms with Gasteiger partial charge in [-0.1, -0.05) is 19.4 Å². The highest BCUT2D eigenvalue weighted by atomic mass is 16.2. The second-order valence-corrected chi connectivity index (χ2v) is 5.59. The van der Waals surface area contributed by atoms with Crippen molar-refractivity contribution < 1.29 is 0 Å². The maximum absolute atomic E-state index is 12.2. The van der Waals surface area contributed by atoms with E-state index in [9.17, 15) is 9.59 Å². The Morgan fingerprint density at radius 3 is 2.96 bits per heavy atom. The monoisotopic (exact) mass is 341 g/mol. The van der Waals surface area contributed by atoms with Gasteiger partial charge in [-0.05, 0) is 12.5 Å². The molecular formula is C16H19N7O2. The first kappa shape index (κ1) is 16.6. The van der Waals surface area contributed by atoms with E-state index in [-0.39, 0.29) is 0 Å². The fourth-order valence-electron chi connectivity index (χ4n) is 2.47. The molecule has 9 heteroatoms. The van der Waals surface area contributed by atoms with Crippen LogP contribution in [0.3, 0.4) is 0 Å². The number of aryl methyl sites for hydroxylation is 2. The number of aromatic nitrogens is 5. The number of nitrogens with one attached hydrogen (secondary N) is 2. The molecule has 0 aliphatic rings. The highest BCUT2D eigenvalue weighted by Gasteiger charge is 2.16. The van der Waals surface area contributed by atoms with Crippen LogP contribution in [0.15, 0.2) is 39.2 Å². The van der Waals surface area contributed by atoms with Crippen LogP contribution in [0.2, 0.25) is 0 Å². The van der Waals surface area contributed by atoms with Crippen LogP contribution in [0.1, 0.15) is 25.3 Å². The Bertz CT molecular complexity index is 1010. The number of anilines is 1. The summed E-state index contributed by atoms with van der Waals surface area (Å²) in [5, 5.41) is 4.16. The quantitative estimate of drug-likeness (QED) is 0.515. The summed E-state index contributed by atoms with van der Waals surface area (Å²) < 4.78 is 3.06. The molecule has 2 N–H and O–H groups in total. The molecule has 3 aromatic heterocycles. The molecule has 0 fully saturated rings. The van der Waals surface area contributed by atoms with Crippen molar-refractivity contribution in [3.05, 3.63) is 50.9 Å². The van der Waals surface area contributed by atoms with Gasteiger partial charge in [0.25, 0.3) is 5.56 Å². The Labute approximate surface area is 143 Å². The highest BCUT2D eigenvalue weighted by molar-refractivity contribution is 5.80. The molecule has 25 heavy (non-hydrogen) atoms. The summed E-state index contributed by atoms with van der Waals surface area (Å²) in [6.45, 7) is 2.66. The van der Waals surface area contributed by atoms with Gasteiger partial charge in [-0.25, -0.2) is 10.2 Å². The molecule has 9 nitrogen and oxygen atoms in total. The fourth-order valence-corrected chi connectivity index (χ4v) is 2.47. The number of hydrazone groups is 1. The van der Waals surface area contributed by atoms with Crippen LogP contribution < -0.4 is 16.7 Å². The lowest BCUT2D eigenvalue weighted by molar-refractivity contribution is 0.647. The summed E-state index contributed by atoms with van der Waals surface area (Å²) in [7, 11) is 1.57. The minimum absolute atomic E-state index is 0.323. The van der Waals surface area contributed by atoms with E-state index in [1.54, 1.807) is 30.2 Å². The van der Waals surface area contributed by atoms with Crippen LogP contribution in [-0.4, -0.2) is 30.3 Å². The summed E-state index contributed by atoms with van der Waals surface area (Å²) in [6.07, 6.45) is 6.80. The molecule has 3 rings (SSSR count). The van der Waals surface area contributed by atoms with Crippen LogP contribution in [0, 0.1) is 0 Å². The van der Waals surface area contributed by atoms with Crippen molar-refractivity contribution >= 4 is 23.3 Å². The zero-order valence-corrected chi connectivity index (χ0v) is 14.1. The molecule has 0 spiro atoms. The van der Waals surface area contributed by atoms with Crippen LogP contribution in [0.4, 0.5) is 5.95 Å². The average molecular weight is 341 g/mol. The Morgan fingerprint density at radius 2 is 2.24 bits per heavy atom. The first-order valence-electron chi connectivity index (χ1n) is 8.00. The van der Waals surface area contributed by atoms with E-state index in [2.05, 4.69) is 32.4 Å². The molecule has 3 heterocycles. The zero-order valence-electron chi connectivity index (χ0n) is 14.1. The Morgan fingerprint density at radius 1 is 1.40 bits per heavy atom. The van der Waals surface area contributed by atoms with E-state index in [1.807, 2.05) is 12.1 Å². The third-order valence-corrected chi connectivity index (χ3v) is 3.80. The molecule has 0 aromatic carbocycles. The van der Waals surface area contributed by atoms with Gasteiger partial charge < -0.3 is 4.57 Å². The van der Waals surface area contributed by atoms with Crippen LogP contribution in [0.25, 0.3) is 11.2 Å². The van der Waals surface area contributed by atoms with Gasteiger partial charge in [0.05, 0.1) is 6.21 Å². The number of aromatic amines is 1. The summed E-state index contributed by atoms with van der Waals surface area (Å²) in [5.41, 5.74) is 3.42. The van der Waals surface area contributed by atoms with E-state index < -0.39 is 11.2 Å². The summed E-state index contributed by atoms with van der Waals surface area (Å²) in [5.74, 6) is 0.412. The highest BCUT2D eigenvalue weighted by Crippen LogP contribution is 2.16. The number of unbranched alkanes of at least 4 members (excludes halogenated alkanes) is 1. The Hall–Kier alpha value is -3.23. The molecule has 0 aliphatic carbocycles. The van der Waals surface area contributed by atoms with Gasteiger partial charge in [-0.2, -0.15) is 10.1 Å². The SMILES string of the molecule is CCCCn1c(NN=Cc2cccnc2)nc2c1c(=O)[nH]c(=O)n2C. The molecule has 0 amide bonds. The summed E-state index contributed by atoms with van der Waals surface area (Å²) >= 11 is 0. The lowest BCUT2D eigenvalue weighted by atomic mass is 10.3. The number of nitrogens with zero attached hydrogens (tertiary/aromatic N) is 5. The molecular weight excluding hydrogens is 322 g/mol. The van der Waals surface area contributed by atoms with Crippen molar-refractivity contribution in [3.8, 4) is 0 Å². The van der Waals surface area contributed by atoms with E-state index in [1.165, 1.54) is 4.57 Å². The third kappa shape index (κ3) is 3.35. The van der Waals surface area contributed by atoms with E-state index in [4.69, 9.17) is 0 Å². The largest absolute Gasteiger partial charge is 0.329 e. The van der Waals surface area contributed by atoms with Gasteiger partial charge in [0.2, 0.25) is 5.95 Å². The third-order valence-electron chi connectivity index (χ3n) is 3.80. The second kappa shape index (κ2) is 7.12. The fraction of sp³-hybridized carbons (Fsp3) is 0.312. The minimum Gasteiger partial charge on any atom is -0.303 e. The number of imidazole rings is 1. The van der Waals surface area contributed by atoms with Crippen molar-refractivity contribution in [3.63, 3.8) is 0 Å². The number of fused-ring (bicyclic) bond motifs is 1. The topological polar surface area (TPSA) is 110 Å². The number of hydrogen-bond donors (Lipinski definition) is 2. The first-order chi connectivity index (χ1) is 12.1. The van der Waals surface area contributed by atoms with Gasteiger partial charge in [0, 0.05) is 31.5 Å². The van der Waals surface area contributed by atoms with Crippen molar-refractivity contribution in [2.24, 2.45) is 12.1 Å². The molecule has 0 unspecified atom stereocenters. The summed E-state index contributed by atoms with van der Waals surface area (Å²) in [6, 6.07) is 3.68. The molecule has 0 radical (unpaired) electrons. The van der Waals surface area contributed by atoms with Gasteiger partial charge in [-0.15, -0.1) is 0 Å². The molecule has 0 aliphatic heterocycles. The van der Waals surface area contributed by atoms with Crippen LogP contribution >= 0.6 is 0 Å². The van der Waals surface area contributed by atoms with Crippen molar-refractivity contribution in [2.45, 2.75) is 26.3 Å². The second-order valence-electron chi connectivity index (χ2n) is 5.59. The zero-order chi connectivity index (χ0) is 17.8. The number of rotatable bonds is 6. The van der Waals surface area contributed by atoms with E-state index >= 15 is 0 Å². The van der Waals surface area contributed by atoms with Gasteiger partial charge in [-0.3, -0.25) is 19.3 Å². The van der Waals surface area contributed by atoms with Gasteiger partial charge in [0.15, 0.2) is 11.2 Å². The maximum atomic E-state index is 12.2. The maximum Gasteiger partial charge on any atom is 0.329 e. The average Bonchev–Trinajstić information content (AvgIpc) is 2.98. The van der Waals surface area contributed by atoms with Crippen molar-refractivity contribution in [1.82, 2.24) is 24.1 Å². The van der Waals surface area contributed by atoms with Crippen molar-refractivity contribution in [2.75, 3.05) is 5.43 Å². The number of hydrogen-bond acceptors (Lipinski definition) is 6. The molecule has 0 saturated heterocycles. The van der Waals surface area contributed by atoms with E-state index in [0.29, 0.717) is 23.7 Å². The molecule has 0 atom stereocenters. The Kier molecular flexibility index (Phi) is 4.73. The predicted molar refractivity (Wildman–Crippen MR) is 96.0 cm³/mol. The van der Waals surface area contributed by atoms with Gasteiger partial charge in [0.1, 0.15) is 0 Å². The van der Waals surface area contributed by atoms with Crippen LogP contribution in [0.5, 0.6) is 0 Å². The molecule has 130 valence electrons. The smallest absolute Gasteiger partial charge is 0.303 e. The van der Waals surface area contributed by atoms with E-state index in [0.717, 1.165) is 18.4 Å².